The Labute approximate surface area is 114 Å². The van der Waals surface area contributed by atoms with Gasteiger partial charge in [0.2, 0.25) is 0 Å². The molecule has 1 unspecified atom stereocenters. The molecule has 0 fully saturated rings. The predicted octanol–water partition coefficient (Wildman–Crippen LogP) is 2.62. The van der Waals surface area contributed by atoms with Crippen LogP contribution >= 0.6 is 0 Å². The first-order valence-corrected chi connectivity index (χ1v) is 7.20. The quantitative estimate of drug-likeness (QED) is 0.594. The fourth-order valence-corrected chi connectivity index (χ4v) is 2.52. The fraction of sp³-hybridized carbons (Fsp3) is 0.533. The Hall–Kier alpha value is -1.39. The Morgan fingerprint density at radius 1 is 1.32 bits per heavy atom. The van der Waals surface area contributed by atoms with Gasteiger partial charge < -0.3 is 0 Å². The third-order valence-electron chi connectivity index (χ3n) is 3.62. The van der Waals surface area contributed by atoms with Gasteiger partial charge in [-0.05, 0) is 19.4 Å². The molecule has 4 heteroatoms. The summed E-state index contributed by atoms with van der Waals surface area (Å²) in [6, 6.07) is 8.73. The number of benzene rings is 1. The highest BCUT2D eigenvalue weighted by atomic mass is 15.3. The number of nitrogens with two attached hydrogens (primary N) is 1. The highest BCUT2D eigenvalue weighted by molar-refractivity contribution is 5.82. The van der Waals surface area contributed by atoms with Gasteiger partial charge in [0.25, 0.3) is 0 Å². The van der Waals surface area contributed by atoms with Crippen molar-refractivity contribution in [2.75, 3.05) is 0 Å². The van der Waals surface area contributed by atoms with Crippen LogP contribution in [-0.4, -0.2) is 15.8 Å². The minimum absolute atomic E-state index is 0.309. The smallest absolute Gasteiger partial charge is 0.0719 e. The van der Waals surface area contributed by atoms with Crippen molar-refractivity contribution in [3.8, 4) is 0 Å². The molecule has 1 atom stereocenters. The third-order valence-corrected chi connectivity index (χ3v) is 3.62. The molecule has 1 aromatic heterocycles. The minimum atomic E-state index is 0.309. The zero-order valence-corrected chi connectivity index (χ0v) is 11.9. The first-order chi connectivity index (χ1) is 9.30. The zero-order valence-electron chi connectivity index (χ0n) is 11.9. The molecule has 0 radical (unpaired) electrons. The molecule has 3 N–H and O–H groups in total. The van der Waals surface area contributed by atoms with Crippen LogP contribution in [0.5, 0.6) is 0 Å². The van der Waals surface area contributed by atoms with E-state index in [0.29, 0.717) is 6.04 Å². The lowest BCUT2D eigenvalue weighted by molar-refractivity contribution is 0.468. The van der Waals surface area contributed by atoms with Crippen LogP contribution in [0.3, 0.4) is 0 Å². The SMILES string of the molecule is CCCCC(Cc1nn(CC)c2ccccc12)NN. The summed E-state index contributed by atoms with van der Waals surface area (Å²) >= 11 is 0. The molecule has 0 aliphatic rings. The van der Waals surface area contributed by atoms with Gasteiger partial charge in [-0.25, -0.2) is 0 Å². The molecule has 19 heavy (non-hydrogen) atoms. The van der Waals surface area contributed by atoms with E-state index >= 15 is 0 Å². The summed E-state index contributed by atoms with van der Waals surface area (Å²) in [5, 5.41) is 5.98. The standard InChI is InChI=1S/C15H24N4/c1-3-5-8-12(17-16)11-14-13-9-6-7-10-15(13)19(4-2)18-14/h6-7,9-10,12,17H,3-5,8,11,16H2,1-2H3. The van der Waals surface area contributed by atoms with E-state index in [2.05, 4.69) is 48.2 Å². The number of fused-ring (bicyclic) bond motifs is 1. The second-order valence-electron chi connectivity index (χ2n) is 4.99. The van der Waals surface area contributed by atoms with E-state index in [1.54, 1.807) is 0 Å². The summed E-state index contributed by atoms with van der Waals surface area (Å²) in [5.74, 6) is 5.66. The molecule has 0 bridgehead atoms. The largest absolute Gasteiger partial charge is 0.271 e. The first-order valence-electron chi connectivity index (χ1n) is 7.20. The normalized spacial score (nSPS) is 13.0. The molecule has 0 aliphatic carbocycles. The maximum absolute atomic E-state index is 5.66. The van der Waals surface area contributed by atoms with Crippen LogP contribution in [-0.2, 0) is 13.0 Å². The van der Waals surface area contributed by atoms with Gasteiger partial charge in [-0.2, -0.15) is 5.10 Å². The minimum Gasteiger partial charge on any atom is -0.271 e. The third kappa shape index (κ3) is 3.14. The van der Waals surface area contributed by atoms with Gasteiger partial charge in [-0.15, -0.1) is 0 Å². The average molecular weight is 260 g/mol. The molecular formula is C15H24N4. The summed E-state index contributed by atoms with van der Waals surface area (Å²) < 4.78 is 2.07. The summed E-state index contributed by atoms with van der Waals surface area (Å²) in [6.07, 6.45) is 4.38. The Balaban J connectivity index is 2.24. The number of hydrogen-bond donors (Lipinski definition) is 2. The van der Waals surface area contributed by atoms with E-state index in [9.17, 15) is 0 Å². The number of rotatable bonds is 7. The van der Waals surface area contributed by atoms with Crippen molar-refractivity contribution in [1.82, 2.24) is 15.2 Å². The average Bonchev–Trinajstić information content (AvgIpc) is 2.81. The number of nitrogens with one attached hydrogen (secondary N) is 1. The van der Waals surface area contributed by atoms with Crippen LogP contribution in [0.25, 0.3) is 10.9 Å². The summed E-state index contributed by atoms with van der Waals surface area (Å²) in [7, 11) is 0. The highest BCUT2D eigenvalue weighted by Gasteiger charge is 2.14. The van der Waals surface area contributed by atoms with Gasteiger partial charge in [0.1, 0.15) is 0 Å². The van der Waals surface area contributed by atoms with E-state index in [4.69, 9.17) is 10.9 Å². The molecule has 0 spiro atoms. The number of nitrogens with zero attached hydrogens (tertiary/aromatic N) is 2. The van der Waals surface area contributed by atoms with Crippen LogP contribution in [0.2, 0.25) is 0 Å². The van der Waals surface area contributed by atoms with Crippen LogP contribution in [0.15, 0.2) is 24.3 Å². The van der Waals surface area contributed by atoms with E-state index < -0.39 is 0 Å². The molecule has 104 valence electrons. The number of unbranched alkanes of at least 4 members (excludes halogenated alkanes) is 1. The number of aromatic nitrogens is 2. The van der Waals surface area contributed by atoms with Crippen LogP contribution in [0, 0.1) is 0 Å². The fourth-order valence-electron chi connectivity index (χ4n) is 2.52. The lowest BCUT2D eigenvalue weighted by Crippen LogP contribution is -2.36. The predicted molar refractivity (Wildman–Crippen MR) is 79.7 cm³/mol. The van der Waals surface area contributed by atoms with Crippen LogP contribution < -0.4 is 11.3 Å². The lowest BCUT2D eigenvalue weighted by Gasteiger charge is -2.14. The topological polar surface area (TPSA) is 55.9 Å². The van der Waals surface area contributed by atoms with Crippen LogP contribution in [0.1, 0.15) is 38.8 Å². The second-order valence-corrected chi connectivity index (χ2v) is 4.99. The summed E-state index contributed by atoms with van der Waals surface area (Å²) in [5.41, 5.74) is 5.29. The monoisotopic (exact) mass is 260 g/mol. The molecule has 1 heterocycles. The van der Waals surface area contributed by atoms with Gasteiger partial charge >= 0.3 is 0 Å². The molecule has 2 aromatic rings. The first kappa shape index (κ1) is 14.0. The summed E-state index contributed by atoms with van der Waals surface area (Å²) in [4.78, 5) is 0. The Bertz CT molecular complexity index is 518. The Morgan fingerprint density at radius 2 is 2.11 bits per heavy atom. The lowest BCUT2D eigenvalue weighted by atomic mass is 10.0. The number of para-hydroxylation sites is 1. The molecule has 1 aromatic carbocycles. The van der Waals surface area contributed by atoms with Crippen molar-refractivity contribution in [1.29, 1.82) is 0 Å². The van der Waals surface area contributed by atoms with Crippen molar-refractivity contribution in [2.45, 2.75) is 52.1 Å². The summed E-state index contributed by atoms with van der Waals surface area (Å²) in [6.45, 7) is 5.23. The van der Waals surface area contributed by atoms with Gasteiger partial charge in [-0.3, -0.25) is 16.0 Å². The van der Waals surface area contributed by atoms with E-state index in [1.807, 2.05) is 0 Å². The van der Waals surface area contributed by atoms with Crippen molar-refractivity contribution in [3.05, 3.63) is 30.0 Å². The number of aryl methyl sites for hydroxylation is 1. The van der Waals surface area contributed by atoms with Gasteiger partial charge in [0.05, 0.1) is 11.2 Å². The molecule has 0 amide bonds. The molecule has 0 saturated carbocycles. The van der Waals surface area contributed by atoms with Crippen molar-refractivity contribution >= 4 is 10.9 Å². The van der Waals surface area contributed by atoms with Crippen molar-refractivity contribution in [2.24, 2.45) is 5.84 Å². The maximum atomic E-state index is 5.66. The molecule has 0 saturated heterocycles. The second kappa shape index (κ2) is 6.68. The van der Waals surface area contributed by atoms with E-state index in [1.165, 1.54) is 23.7 Å². The van der Waals surface area contributed by atoms with Crippen molar-refractivity contribution < 1.29 is 0 Å². The zero-order chi connectivity index (χ0) is 13.7. The Morgan fingerprint density at radius 3 is 2.79 bits per heavy atom. The van der Waals surface area contributed by atoms with Gasteiger partial charge in [-0.1, -0.05) is 38.0 Å². The molecule has 4 nitrogen and oxygen atoms in total. The highest BCUT2D eigenvalue weighted by Crippen LogP contribution is 2.20. The maximum Gasteiger partial charge on any atom is 0.0719 e. The van der Waals surface area contributed by atoms with Crippen molar-refractivity contribution in [3.63, 3.8) is 0 Å². The molecule has 0 aliphatic heterocycles. The van der Waals surface area contributed by atoms with Crippen LogP contribution in [0.4, 0.5) is 0 Å². The molecular weight excluding hydrogens is 236 g/mol. The number of hydrogen-bond acceptors (Lipinski definition) is 3. The Kier molecular flexibility index (Phi) is 4.93. The van der Waals surface area contributed by atoms with E-state index in [0.717, 1.165) is 25.1 Å². The van der Waals surface area contributed by atoms with Gasteiger partial charge in [0, 0.05) is 24.4 Å². The molecule has 2 rings (SSSR count). The number of hydrazine groups is 1. The van der Waals surface area contributed by atoms with E-state index in [-0.39, 0.29) is 0 Å². The van der Waals surface area contributed by atoms with Gasteiger partial charge in [0.15, 0.2) is 0 Å².